The largest absolute Gasteiger partial charge is 0.369 e. The van der Waals surface area contributed by atoms with E-state index in [2.05, 4.69) is 10.3 Å². The number of nitrogen functional groups attached to an aromatic ring is 1. The minimum atomic E-state index is -1.00. The third-order valence-electron chi connectivity index (χ3n) is 2.40. The molecule has 0 aliphatic carbocycles. The molecular weight excluding hydrogens is 230 g/mol. The Labute approximate surface area is 95.2 Å². The Hall–Kier alpha value is -2.18. The van der Waals surface area contributed by atoms with Gasteiger partial charge in [0.1, 0.15) is 6.54 Å². The smallest absolute Gasteiger partial charge is 0.239 e. The van der Waals surface area contributed by atoms with Crippen LogP contribution in [0.5, 0.6) is 0 Å². The van der Waals surface area contributed by atoms with Gasteiger partial charge in [-0.3, -0.25) is 4.79 Å². The molecule has 1 aromatic carbocycles. The topological polar surface area (TPSA) is 72.9 Å². The van der Waals surface area contributed by atoms with Crippen LogP contribution in [0.3, 0.4) is 0 Å². The van der Waals surface area contributed by atoms with Crippen LogP contribution >= 0.6 is 0 Å². The second-order valence-corrected chi connectivity index (χ2v) is 3.48. The van der Waals surface area contributed by atoms with Gasteiger partial charge in [0.05, 0.1) is 11.0 Å². The standard InChI is InChI=1S/C10H10F2N4O/c1-14-9(17)4-16-8-3-6(12)5(11)2-7(8)15-10(16)13/h2-3H,4H2,1H3,(H2,13,15)(H,14,17). The molecule has 0 aliphatic heterocycles. The molecule has 17 heavy (non-hydrogen) atoms. The molecule has 1 aromatic heterocycles. The number of nitrogens with zero attached hydrogens (tertiary/aromatic N) is 2. The fourth-order valence-electron chi connectivity index (χ4n) is 1.53. The molecule has 0 saturated heterocycles. The second kappa shape index (κ2) is 4.00. The summed E-state index contributed by atoms with van der Waals surface area (Å²) < 4.78 is 27.4. The monoisotopic (exact) mass is 240 g/mol. The molecule has 0 unspecified atom stereocenters. The van der Waals surface area contributed by atoms with Crippen molar-refractivity contribution in [2.75, 3.05) is 12.8 Å². The maximum Gasteiger partial charge on any atom is 0.239 e. The molecule has 7 heteroatoms. The first kappa shape index (κ1) is 11.3. The molecule has 2 rings (SSSR count). The predicted octanol–water partition coefficient (Wildman–Crippen LogP) is 0.643. The fourth-order valence-corrected chi connectivity index (χ4v) is 1.53. The van der Waals surface area contributed by atoms with E-state index in [9.17, 15) is 13.6 Å². The molecule has 90 valence electrons. The van der Waals surface area contributed by atoms with Crippen molar-refractivity contribution in [3.63, 3.8) is 0 Å². The summed E-state index contributed by atoms with van der Waals surface area (Å²) >= 11 is 0. The van der Waals surface area contributed by atoms with E-state index in [1.165, 1.54) is 11.6 Å². The number of hydrogen-bond donors (Lipinski definition) is 2. The Morgan fingerprint density at radius 2 is 2.12 bits per heavy atom. The Bertz CT molecular complexity index is 593. The molecule has 0 fully saturated rings. The number of likely N-dealkylation sites (N-methyl/N-ethyl adjacent to an activating group) is 1. The molecule has 0 spiro atoms. The minimum Gasteiger partial charge on any atom is -0.369 e. The molecule has 2 aromatic rings. The van der Waals surface area contributed by atoms with Crippen LogP contribution in [0.1, 0.15) is 0 Å². The molecule has 1 amide bonds. The number of carbonyl (C=O) groups is 1. The van der Waals surface area contributed by atoms with E-state index in [1.54, 1.807) is 0 Å². The first-order valence-corrected chi connectivity index (χ1v) is 4.84. The second-order valence-electron chi connectivity index (χ2n) is 3.48. The van der Waals surface area contributed by atoms with Crippen molar-refractivity contribution in [1.29, 1.82) is 0 Å². The molecule has 3 N–H and O–H groups in total. The number of benzene rings is 1. The van der Waals surface area contributed by atoms with E-state index in [4.69, 9.17) is 5.73 Å². The summed E-state index contributed by atoms with van der Waals surface area (Å²) in [5, 5.41) is 2.41. The van der Waals surface area contributed by atoms with Crippen molar-refractivity contribution in [3.05, 3.63) is 23.8 Å². The van der Waals surface area contributed by atoms with Crippen LogP contribution < -0.4 is 11.1 Å². The maximum absolute atomic E-state index is 13.1. The molecule has 1 heterocycles. The van der Waals surface area contributed by atoms with Gasteiger partial charge in [-0.1, -0.05) is 0 Å². The van der Waals surface area contributed by atoms with E-state index in [0.29, 0.717) is 0 Å². The normalized spacial score (nSPS) is 10.8. The molecule has 0 saturated carbocycles. The van der Waals surface area contributed by atoms with Crippen molar-refractivity contribution in [1.82, 2.24) is 14.9 Å². The Kier molecular flexibility index (Phi) is 2.66. The van der Waals surface area contributed by atoms with Crippen molar-refractivity contribution in [2.24, 2.45) is 0 Å². The highest BCUT2D eigenvalue weighted by Gasteiger charge is 2.14. The maximum atomic E-state index is 13.1. The Morgan fingerprint density at radius 1 is 1.47 bits per heavy atom. The number of nitrogens with two attached hydrogens (primary N) is 1. The molecule has 5 nitrogen and oxygen atoms in total. The number of imidazole rings is 1. The van der Waals surface area contributed by atoms with Gasteiger partial charge in [0.15, 0.2) is 11.6 Å². The van der Waals surface area contributed by atoms with Crippen LogP contribution in [-0.4, -0.2) is 22.5 Å². The summed E-state index contributed by atoms with van der Waals surface area (Å²) in [6.07, 6.45) is 0. The summed E-state index contributed by atoms with van der Waals surface area (Å²) in [5.41, 5.74) is 6.08. The number of hydrogen-bond acceptors (Lipinski definition) is 3. The molecule has 0 atom stereocenters. The zero-order chi connectivity index (χ0) is 12.6. The van der Waals surface area contributed by atoms with Gasteiger partial charge in [-0.15, -0.1) is 0 Å². The highest BCUT2D eigenvalue weighted by Crippen LogP contribution is 2.20. The number of amides is 1. The lowest BCUT2D eigenvalue weighted by atomic mass is 10.3. The van der Waals surface area contributed by atoms with Crippen LogP contribution in [0.2, 0.25) is 0 Å². The molecule has 0 aliphatic rings. The van der Waals surface area contributed by atoms with Gasteiger partial charge in [0, 0.05) is 19.2 Å². The van der Waals surface area contributed by atoms with E-state index < -0.39 is 11.6 Å². The van der Waals surface area contributed by atoms with Gasteiger partial charge in [0.25, 0.3) is 0 Å². The molecular formula is C10H10F2N4O. The van der Waals surface area contributed by atoms with Gasteiger partial charge >= 0.3 is 0 Å². The summed E-state index contributed by atoms with van der Waals surface area (Å²) in [7, 11) is 1.47. The average Bonchev–Trinajstić information content (AvgIpc) is 2.56. The third-order valence-corrected chi connectivity index (χ3v) is 2.40. The zero-order valence-corrected chi connectivity index (χ0v) is 9.00. The Morgan fingerprint density at radius 3 is 2.76 bits per heavy atom. The lowest BCUT2D eigenvalue weighted by Crippen LogP contribution is -2.24. The lowest BCUT2D eigenvalue weighted by Gasteiger charge is -2.05. The Balaban J connectivity index is 2.58. The van der Waals surface area contributed by atoms with Gasteiger partial charge in [-0.25, -0.2) is 13.8 Å². The van der Waals surface area contributed by atoms with Crippen LogP contribution in [0, 0.1) is 11.6 Å². The highest BCUT2D eigenvalue weighted by atomic mass is 19.2. The fraction of sp³-hybridized carbons (Fsp3) is 0.200. The van der Waals surface area contributed by atoms with Gasteiger partial charge in [0.2, 0.25) is 11.9 Å². The van der Waals surface area contributed by atoms with Crippen LogP contribution in [0.25, 0.3) is 11.0 Å². The van der Waals surface area contributed by atoms with Crippen LogP contribution in [-0.2, 0) is 11.3 Å². The number of carbonyl (C=O) groups excluding carboxylic acids is 1. The van der Waals surface area contributed by atoms with E-state index in [1.807, 2.05) is 0 Å². The lowest BCUT2D eigenvalue weighted by molar-refractivity contribution is -0.121. The molecule has 0 bridgehead atoms. The molecule has 0 radical (unpaired) electrons. The van der Waals surface area contributed by atoms with Crippen LogP contribution in [0.4, 0.5) is 14.7 Å². The van der Waals surface area contributed by atoms with E-state index in [-0.39, 0.29) is 29.4 Å². The first-order valence-electron chi connectivity index (χ1n) is 4.84. The van der Waals surface area contributed by atoms with E-state index >= 15 is 0 Å². The van der Waals surface area contributed by atoms with Gasteiger partial charge in [-0.2, -0.15) is 0 Å². The number of fused-ring (bicyclic) bond motifs is 1. The summed E-state index contributed by atoms with van der Waals surface area (Å²) in [5.74, 6) is -2.27. The summed E-state index contributed by atoms with van der Waals surface area (Å²) in [4.78, 5) is 15.1. The summed E-state index contributed by atoms with van der Waals surface area (Å²) in [6.45, 7) is -0.0933. The van der Waals surface area contributed by atoms with Crippen molar-refractivity contribution < 1.29 is 13.6 Å². The van der Waals surface area contributed by atoms with Crippen molar-refractivity contribution in [3.8, 4) is 0 Å². The number of halogens is 2. The number of rotatable bonds is 2. The minimum absolute atomic E-state index is 0.0357. The highest BCUT2D eigenvalue weighted by molar-refractivity contribution is 5.82. The van der Waals surface area contributed by atoms with Crippen molar-refractivity contribution >= 4 is 22.9 Å². The number of aromatic nitrogens is 2. The number of anilines is 1. The average molecular weight is 240 g/mol. The van der Waals surface area contributed by atoms with E-state index in [0.717, 1.165) is 12.1 Å². The van der Waals surface area contributed by atoms with Crippen molar-refractivity contribution in [2.45, 2.75) is 6.54 Å². The van der Waals surface area contributed by atoms with Gasteiger partial charge < -0.3 is 15.6 Å². The zero-order valence-electron chi connectivity index (χ0n) is 9.00. The van der Waals surface area contributed by atoms with Gasteiger partial charge in [-0.05, 0) is 0 Å². The quantitative estimate of drug-likeness (QED) is 0.809. The third kappa shape index (κ3) is 1.91. The predicted molar refractivity (Wildman–Crippen MR) is 58.1 cm³/mol. The number of nitrogens with one attached hydrogen (secondary N) is 1. The summed E-state index contributed by atoms with van der Waals surface area (Å²) in [6, 6.07) is 1.92. The van der Waals surface area contributed by atoms with Crippen LogP contribution in [0.15, 0.2) is 12.1 Å². The SMILES string of the molecule is CNC(=O)Cn1c(N)nc2cc(F)c(F)cc21. The first-order chi connectivity index (χ1) is 8.02.